The van der Waals surface area contributed by atoms with Crippen molar-refractivity contribution in [3.8, 4) is 23.0 Å². The number of halogens is 1. The summed E-state index contributed by atoms with van der Waals surface area (Å²) in [6, 6.07) is 24.5. The molecule has 0 saturated heterocycles. The summed E-state index contributed by atoms with van der Waals surface area (Å²) >= 11 is 4.87. The molecule has 254 valence electrons. The van der Waals surface area contributed by atoms with Crippen LogP contribution in [0, 0.1) is 0 Å². The average Bonchev–Trinajstić information content (AvgIpc) is 3.06. The Kier molecular flexibility index (Phi) is 16.4. The highest BCUT2D eigenvalue weighted by atomic mass is 35.5. The first-order valence-corrected chi connectivity index (χ1v) is 14.4. The van der Waals surface area contributed by atoms with Gasteiger partial charge in [0.25, 0.3) is 0 Å². The Bertz CT molecular complexity index is 1690. The maximum absolute atomic E-state index is 12.5. The molecule has 2 N–H and O–H groups in total. The summed E-state index contributed by atoms with van der Waals surface area (Å²) in [5.41, 5.74) is 2.84. The number of esters is 2. The van der Waals surface area contributed by atoms with Crippen molar-refractivity contribution < 1.29 is 43.7 Å². The van der Waals surface area contributed by atoms with E-state index in [4.69, 9.17) is 31.3 Å². The van der Waals surface area contributed by atoms with E-state index in [2.05, 4.69) is 19.7 Å². The molecule has 4 aromatic carbocycles. The van der Waals surface area contributed by atoms with Gasteiger partial charge in [-0.2, -0.15) is 0 Å². The first-order chi connectivity index (χ1) is 22.6. The Balaban J connectivity index is 0.000000442. The predicted octanol–water partition coefficient (Wildman–Crippen LogP) is 8.17. The molecule has 4 rings (SSSR count). The van der Waals surface area contributed by atoms with Crippen LogP contribution >= 0.6 is 11.6 Å². The zero-order valence-corrected chi connectivity index (χ0v) is 27.2. The van der Waals surface area contributed by atoms with E-state index in [-0.39, 0.29) is 41.6 Å². The summed E-state index contributed by atoms with van der Waals surface area (Å²) in [6.07, 6.45) is 0. The van der Waals surface area contributed by atoms with Crippen LogP contribution in [0.2, 0.25) is 0 Å². The van der Waals surface area contributed by atoms with Gasteiger partial charge < -0.3 is 19.7 Å². The molecule has 0 radical (unpaired) electrons. The Labute approximate surface area is 290 Å². The van der Waals surface area contributed by atoms with Gasteiger partial charge in [-0.25, -0.2) is 9.59 Å². The minimum atomic E-state index is -0.524. The van der Waals surface area contributed by atoms with Crippen molar-refractivity contribution in [2.45, 2.75) is 28.2 Å². The molecule has 49 heavy (non-hydrogen) atoms. The molecule has 0 heterocycles. The number of ether oxygens (including phenoxy) is 2. The predicted molar refractivity (Wildman–Crippen MR) is 189 cm³/mol. The molecule has 0 amide bonds. The average molecular weight is 685 g/mol. The Morgan fingerprint density at radius 2 is 0.714 bits per heavy atom. The topological polar surface area (TPSA) is 144 Å². The normalized spacial score (nSPS) is 9.47. The van der Waals surface area contributed by atoms with Crippen LogP contribution in [0.4, 0.5) is 0 Å². The third-order valence-corrected chi connectivity index (χ3v) is 6.27. The molecule has 0 fully saturated rings. The van der Waals surface area contributed by atoms with Crippen LogP contribution in [-0.2, 0) is 14.4 Å². The van der Waals surface area contributed by atoms with Crippen LogP contribution in [0.25, 0.3) is 0 Å². The molecule has 4 aromatic rings. The number of carbonyl (C=O) groups excluding carboxylic acids is 5. The molecule has 0 unspecified atom stereocenters. The lowest BCUT2D eigenvalue weighted by Gasteiger charge is -2.07. The van der Waals surface area contributed by atoms with Crippen molar-refractivity contribution in [3.05, 3.63) is 156 Å². The van der Waals surface area contributed by atoms with Crippen molar-refractivity contribution in [2.75, 3.05) is 0 Å². The van der Waals surface area contributed by atoms with Gasteiger partial charge >= 0.3 is 11.9 Å². The van der Waals surface area contributed by atoms with Crippen molar-refractivity contribution >= 4 is 40.3 Å². The maximum Gasteiger partial charge on any atom is 0.338 e. The van der Waals surface area contributed by atoms with E-state index in [1.54, 1.807) is 69.3 Å². The number of allylic oxidation sites excluding steroid dienone is 1. The van der Waals surface area contributed by atoms with Gasteiger partial charge in [-0.15, -0.1) is 0 Å². The van der Waals surface area contributed by atoms with Crippen molar-refractivity contribution in [1.29, 1.82) is 0 Å². The highest BCUT2D eigenvalue weighted by Crippen LogP contribution is 2.20. The van der Waals surface area contributed by atoms with Crippen LogP contribution in [0.1, 0.15) is 60.0 Å². The van der Waals surface area contributed by atoms with Gasteiger partial charge in [-0.3, -0.25) is 14.4 Å². The SMILES string of the molecule is C.C=C(C)C(=O)Cl.C=C(C)C(=O)Oc1ccc(C(=O)c2ccc(OC(=O)C(=C)C)cc2)cc1.O=C(c1ccc(O)cc1)c1ccc(O)cc1. The lowest BCUT2D eigenvalue weighted by atomic mass is 10.0. The van der Waals surface area contributed by atoms with E-state index >= 15 is 0 Å². The fourth-order valence-electron chi connectivity index (χ4n) is 3.30. The summed E-state index contributed by atoms with van der Waals surface area (Å²) in [4.78, 5) is 57.1. The molecule has 0 aliphatic carbocycles. The van der Waals surface area contributed by atoms with Crippen LogP contribution in [0.5, 0.6) is 23.0 Å². The summed E-state index contributed by atoms with van der Waals surface area (Å²) in [6.45, 7) is 15.0. The van der Waals surface area contributed by atoms with E-state index in [0.29, 0.717) is 39.3 Å². The van der Waals surface area contributed by atoms with E-state index in [1.165, 1.54) is 48.5 Å². The Hall–Kier alpha value is -6.06. The summed E-state index contributed by atoms with van der Waals surface area (Å²) in [5.74, 6) is -0.480. The minimum Gasteiger partial charge on any atom is -0.508 e. The first-order valence-electron chi connectivity index (χ1n) is 14.1. The second-order valence-electron chi connectivity index (χ2n) is 10.2. The molecule has 0 spiro atoms. The number of aromatic hydroxyl groups is 2. The highest BCUT2D eigenvalue weighted by Gasteiger charge is 2.12. The maximum atomic E-state index is 12.5. The van der Waals surface area contributed by atoms with Gasteiger partial charge in [0, 0.05) is 39.0 Å². The molecule has 0 saturated carbocycles. The zero-order chi connectivity index (χ0) is 36.0. The van der Waals surface area contributed by atoms with Gasteiger partial charge in [0.15, 0.2) is 11.6 Å². The first kappa shape index (κ1) is 41.0. The third-order valence-electron chi connectivity index (χ3n) is 5.95. The molecule has 0 aliphatic rings. The standard InChI is InChI=1S/C21H18O5.C13H10O3.C4H5ClO.CH4/c1-13(2)20(23)25-17-9-5-15(6-10-17)19(22)16-7-11-18(12-8-16)26-21(24)14(3)4;14-11-5-1-9(2-6-11)13(16)10-3-7-12(15)8-4-10;1-3(2)4(5)6;/h5-12H,1,3H2,2,4H3;1-8,14-15H;1H2,2H3;1H4. The zero-order valence-electron chi connectivity index (χ0n) is 26.5. The Morgan fingerprint density at radius 1 is 0.490 bits per heavy atom. The van der Waals surface area contributed by atoms with E-state index in [9.17, 15) is 24.0 Å². The van der Waals surface area contributed by atoms with Crippen LogP contribution in [0.15, 0.2) is 134 Å². The Morgan fingerprint density at radius 3 is 0.918 bits per heavy atom. The molecule has 0 aliphatic heterocycles. The van der Waals surface area contributed by atoms with Crippen LogP contribution < -0.4 is 9.47 Å². The fourth-order valence-corrected chi connectivity index (χ4v) is 3.30. The van der Waals surface area contributed by atoms with Crippen LogP contribution in [0.3, 0.4) is 0 Å². The number of benzene rings is 4. The number of hydrogen-bond acceptors (Lipinski definition) is 9. The number of phenols is 2. The molecular weight excluding hydrogens is 648 g/mol. The number of ketones is 2. The summed E-state index contributed by atoms with van der Waals surface area (Å²) in [5, 5.41) is 17.7. The molecule has 0 aromatic heterocycles. The van der Waals surface area contributed by atoms with Crippen LogP contribution in [-0.4, -0.2) is 39.0 Å². The lowest BCUT2D eigenvalue weighted by Crippen LogP contribution is -2.09. The number of carbonyl (C=O) groups is 5. The second-order valence-corrected chi connectivity index (χ2v) is 10.5. The van der Waals surface area contributed by atoms with Gasteiger partial charge in [-0.05, 0) is 129 Å². The fraction of sp³-hybridized carbons (Fsp3) is 0.103. The van der Waals surface area contributed by atoms with Crippen molar-refractivity contribution in [1.82, 2.24) is 0 Å². The largest absolute Gasteiger partial charge is 0.508 e. The van der Waals surface area contributed by atoms with Gasteiger partial charge in [0.2, 0.25) is 5.24 Å². The number of phenolic OH excluding ortho intramolecular Hbond substituents is 2. The smallest absolute Gasteiger partial charge is 0.338 e. The van der Waals surface area contributed by atoms with E-state index in [0.717, 1.165) is 0 Å². The van der Waals surface area contributed by atoms with Gasteiger partial charge in [-0.1, -0.05) is 27.2 Å². The number of rotatable bonds is 9. The molecule has 0 atom stereocenters. The highest BCUT2D eigenvalue weighted by molar-refractivity contribution is 6.67. The van der Waals surface area contributed by atoms with Gasteiger partial charge in [0.05, 0.1) is 0 Å². The van der Waals surface area contributed by atoms with Gasteiger partial charge in [0.1, 0.15) is 23.0 Å². The second kappa shape index (κ2) is 19.6. The lowest BCUT2D eigenvalue weighted by molar-refractivity contribution is -0.130. The van der Waals surface area contributed by atoms with E-state index in [1.807, 2.05) is 0 Å². The van der Waals surface area contributed by atoms with Crippen molar-refractivity contribution in [3.63, 3.8) is 0 Å². The summed E-state index contributed by atoms with van der Waals surface area (Å²) < 4.78 is 10.2. The summed E-state index contributed by atoms with van der Waals surface area (Å²) in [7, 11) is 0. The number of hydrogen-bond donors (Lipinski definition) is 2. The molecule has 9 nitrogen and oxygen atoms in total. The molecular formula is C39H37ClO9. The molecule has 0 bridgehead atoms. The van der Waals surface area contributed by atoms with E-state index < -0.39 is 17.2 Å². The van der Waals surface area contributed by atoms with Crippen molar-refractivity contribution in [2.24, 2.45) is 0 Å². The quantitative estimate of drug-likeness (QED) is 0.0586. The minimum absolute atomic E-state index is 0. The third kappa shape index (κ3) is 13.7. The monoisotopic (exact) mass is 684 g/mol. The molecule has 10 heteroatoms.